The van der Waals surface area contributed by atoms with Crippen LogP contribution in [-0.2, 0) is 19.2 Å². The Morgan fingerprint density at radius 2 is 0.719 bits per heavy atom. The van der Waals surface area contributed by atoms with E-state index in [2.05, 4.69) is 200 Å². The second-order valence-electron chi connectivity index (χ2n) is 27.8. The summed E-state index contributed by atoms with van der Waals surface area (Å²) in [5.41, 5.74) is 5.74. The van der Waals surface area contributed by atoms with Gasteiger partial charge in [0, 0.05) is 50.6 Å². The Balaban J connectivity index is 0.000000511. The number of hydrogen-bond acceptors (Lipinski definition) is 4. The highest BCUT2D eigenvalue weighted by atomic mass is 16.2. The van der Waals surface area contributed by atoms with E-state index in [-0.39, 0.29) is 35.4 Å². The van der Waals surface area contributed by atoms with Gasteiger partial charge in [-0.2, -0.15) is 0 Å². The van der Waals surface area contributed by atoms with Gasteiger partial charge < -0.3 is 10.6 Å². The van der Waals surface area contributed by atoms with E-state index in [9.17, 15) is 19.2 Å². The van der Waals surface area contributed by atoms with Crippen molar-refractivity contribution in [3.05, 3.63) is 168 Å². The first-order chi connectivity index (χ1) is 42.9. The predicted molar refractivity (Wildman–Crippen MR) is 385 cm³/mol. The van der Waals surface area contributed by atoms with Gasteiger partial charge in [0.2, 0.25) is 11.8 Å². The summed E-state index contributed by atoms with van der Waals surface area (Å²) >= 11 is 0. The summed E-state index contributed by atoms with van der Waals surface area (Å²) in [5.74, 6) is 5.69. The molecule has 6 atom stereocenters. The maximum atomic E-state index is 12.9. The molecule has 0 spiro atoms. The topological polar surface area (TPSA) is 92.3 Å². The molecule has 0 radical (unpaired) electrons. The first-order valence-electron chi connectivity index (χ1n) is 35.9. The van der Waals surface area contributed by atoms with E-state index in [1.54, 1.807) is 12.2 Å². The van der Waals surface area contributed by atoms with Crippen molar-refractivity contribution in [3.63, 3.8) is 0 Å². The van der Waals surface area contributed by atoms with Gasteiger partial charge >= 0.3 is 0 Å². The highest BCUT2D eigenvalue weighted by molar-refractivity contribution is 5.82. The van der Waals surface area contributed by atoms with Crippen molar-refractivity contribution < 1.29 is 19.2 Å². The Morgan fingerprint density at radius 3 is 1.15 bits per heavy atom. The molecular formula is C83H130N2O4. The van der Waals surface area contributed by atoms with Crippen LogP contribution in [-0.4, -0.2) is 36.5 Å². The third-order valence-electron chi connectivity index (χ3n) is 18.0. The number of ketones is 2. The van der Waals surface area contributed by atoms with Gasteiger partial charge in [0.1, 0.15) is 11.6 Å². The molecule has 4 aromatic rings. The molecule has 6 heteroatoms. The normalized spacial score (nSPS) is 13.6. The summed E-state index contributed by atoms with van der Waals surface area (Å²) in [7, 11) is 0. The number of hydrogen-bond donors (Lipinski definition) is 2. The van der Waals surface area contributed by atoms with Crippen LogP contribution >= 0.6 is 0 Å². The fourth-order valence-corrected chi connectivity index (χ4v) is 11.6. The third kappa shape index (κ3) is 42.4. The van der Waals surface area contributed by atoms with Gasteiger partial charge in [-0.3, -0.25) is 19.2 Å². The quantitative estimate of drug-likeness (QED) is 0.0341. The van der Waals surface area contributed by atoms with Gasteiger partial charge in [-0.25, -0.2) is 0 Å². The van der Waals surface area contributed by atoms with Crippen LogP contribution in [0.25, 0.3) is 0 Å². The van der Waals surface area contributed by atoms with E-state index in [1.165, 1.54) is 138 Å². The second-order valence-corrected chi connectivity index (χ2v) is 27.8. The van der Waals surface area contributed by atoms with Gasteiger partial charge in [-0.1, -0.05) is 306 Å². The Morgan fingerprint density at radius 1 is 0.337 bits per heavy atom. The Labute approximate surface area is 547 Å². The highest BCUT2D eigenvalue weighted by Crippen LogP contribution is 2.34. The zero-order chi connectivity index (χ0) is 65.3. The molecule has 0 aliphatic heterocycles. The summed E-state index contributed by atoms with van der Waals surface area (Å²) in [4.78, 5) is 48.7. The lowest BCUT2D eigenvalue weighted by Gasteiger charge is -2.26. The maximum Gasteiger partial charge on any atom is 0.223 e. The largest absolute Gasteiger partial charge is 0.356 e. The number of allylic oxidation sites excluding steroid dienone is 3. The standard InChI is InChI=1S/C42H67NO2.C22H28.C19H35NO2/c1-33(2)19-12-8-7-9-17-30-43-42(45)29-28-38(32-41(44)34(3)4)31-37(27-26-36(6)40-24-15-11-16-25-40)21-18-20-35(5)39-22-13-10-14-23-39;1-19(21-15-9-5-10-16-21)13-7-3-4-8-14-20(2)22-17-11-6-12-18-22;1-16(2)12-8-6-5-7-11-15-20-19(22)14-10-9-13-18(21)17(3)4/h10-11,13-16,22-25,33-38H,7-9,12,17-21,26-32H2,1-6H3,(H,43,45);3-6,9-12,15-20H,7-8,13-14H2,1-2H3;9-10,16-17H,5-8,11-15H2,1-4H3,(H,20,22)/b;4-3-;10-9+. The molecule has 2 amide bonds. The third-order valence-corrected chi connectivity index (χ3v) is 18.0. The number of carbonyl (C=O) groups excluding carboxylic acids is 4. The van der Waals surface area contributed by atoms with Crippen LogP contribution in [0.4, 0.5) is 0 Å². The van der Waals surface area contributed by atoms with Crippen LogP contribution in [0.2, 0.25) is 0 Å². The van der Waals surface area contributed by atoms with Crippen molar-refractivity contribution in [3.8, 4) is 0 Å². The number of Topliss-reactive ketones (excluding diaryl/α,β-unsaturated/α-hetero) is 2. The van der Waals surface area contributed by atoms with Crippen LogP contribution in [0.5, 0.6) is 0 Å². The van der Waals surface area contributed by atoms with E-state index < -0.39 is 0 Å². The molecule has 6 unspecified atom stereocenters. The van der Waals surface area contributed by atoms with Crippen LogP contribution in [0.1, 0.15) is 302 Å². The SMILES string of the molecule is CC(C)CCCCCCCNC(=O)C/C=C/CC(=O)C(C)C.CC(C)CCCCCCCNC(=O)CCC(CC(=O)C(C)C)CC(CCCC(C)c1ccccc1)CCC(C)c1ccccc1.CC(CC/C=C\CCC(C)c1ccccc1)c1ccccc1. The number of carbonyl (C=O) groups is 4. The number of rotatable bonds is 46. The van der Waals surface area contributed by atoms with E-state index in [0.717, 1.165) is 57.0 Å². The average molecular weight is 1220 g/mol. The molecular weight excluding hydrogens is 1090 g/mol. The second kappa shape index (κ2) is 51.3. The molecule has 0 aliphatic rings. The Kier molecular flexibility index (Phi) is 45.9. The number of amides is 2. The molecule has 0 bridgehead atoms. The molecule has 0 heterocycles. The average Bonchev–Trinajstić information content (AvgIpc) is 3.64. The number of nitrogens with one attached hydrogen (secondary N) is 2. The summed E-state index contributed by atoms with van der Waals surface area (Å²) in [6, 6.07) is 43.4. The zero-order valence-electron chi connectivity index (χ0n) is 58.8. The number of unbranched alkanes of at least 4 members (excludes halogenated alkanes) is 8. The summed E-state index contributed by atoms with van der Waals surface area (Å²) in [5, 5.41) is 6.10. The molecule has 89 heavy (non-hydrogen) atoms. The van der Waals surface area contributed by atoms with E-state index in [1.807, 2.05) is 27.7 Å². The van der Waals surface area contributed by atoms with E-state index in [4.69, 9.17) is 0 Å². The van der Waals surface area contributed by atoms with Gasteiger partial charge in [0.25, 0.3) is 0 Å². The zero-order valence-corrected chi connectivity index (χ0v) is 58.8. The molecule has 0 saturated heterocycles. The first-order valence-corrected chi connectivity index (χ1v) is 35.9. The lowest BCUT2D eigenvalue weighted by Crippen LogP contribution is -2.26. The molecule has 496 valence electrons. The van der Waals surface area contributed by atoms with Crippen molar-refractivity contribution in [1.82, 2.24) is 10.6 Å². The van der Waals surface area contributed by atoms with Crippen LogP contribution in [0.3, 0.4) is 0 Å². The van der Waals surface area contributed by atoms with Crippen LogP contribution < -0.4 is 10.6 Å². The molecule has 6 nitrogen and oxygen atoms in total. The van der Waals surface area contributed by atoms with Crippen molar-refractivity contribution in [2.24, 2.45) is 35.5 Å². The molecule has 0 saturated carbocycles. The maximum absolute atomic E-state index is 12.9. The lowest BCUT2D eigenvalue weighted by molar-refractivity contribution is -0.124. The highest BCUT2D eigenvalue weighted by Gasteiger charge is 2.23. The van der Waals surface area contributed by atoms with Gasteiger partial charge in [-0.05, 0) is 140 Å². The molecule has 4 rings (SSSR count). The minimum atomic E-state index is 0.0464. The van der Waals surface area contributed by atoms with E-state index in [0.29, 0.717) is 61.1 Å². The van der Waals surface area contributed by atoms with Crippen molar-refractivity contribution in [1.29, 1.82) is 0 Å². The molecule has 2 N–H and O–H groups in total. The minimum Gasteiger partial charge on any atom is -0.356 e. The van der Waals surface area contributed by atoms with Gasteiger partial charge in [0.05, 0.1) is 0 Å². The fourth-order valence-electron chi connectivity index (χ4n) is 11.6. The molecule has 4 aromatic carbocycles. The Bertz CT molecular complexity index is 2360. The van der Waals surface area contributed by atoms with Crippen LogP contribution in [0, 0.1) is 35.5 Å². The molecule has 0 fully saturated rings. The summed E-state index contributed by atoms with van der Waals surface area (Å²) in [6.07, 6.45) is 37.7. The van der Waals surface area contributed by atoms with Gasteiger partial charge in [0.15, 0.2) is 0 Å². The van der Waals surface area contributed by atoms with Gasteiger partial charge in [-0.15, -0.1) is 0 Å². The summed E-state index contributed by atoms with van der Waals surface area (Å²) in [6.45, 7) is 27.8. The Hall–Kier alpha value is -5.36. The fraction of sp³-hybridized carbons (Fsp3) is 0.614. The van der Waals surface area contributed by atoms with Crippen LogP contribution in [0.15, 0.2) is 146 Å². The van der Waals surface area contributed by atoms with Crippen molar-refractivity contribution in [2.45, 2.75) is 280 Å². The molecule has 0 aromatic heterocycles. The van der Waals surface area contributed by atoms with Crippen molar-refractivity contribution >= 4 is 23.4 Å². The summed E-state index contributed by atoms with van der Waals surface area (Å²) < 4.78 is 0. The number of benzene rings is 4. The smallest absolute Gasteiger partial charge is 0.223 e. The minimum absolute atomic E-state index is 0.0464. The first kappa shape index (κ1) is 79.7. The molecule has 0 aliphatic carbocycles. The lowest BCUT2D eigenvalue weighted by atomic mass is 9.79. The van der Waals surface area contributed by atoms with Crippen molar-refractivity contribution in [2.75, 3.05) is 13.1 Å². The monoisotopic (exact) mass is 1220 g/mol. The predicted octanol–water partition coefficient (Wildman–Crippen LogP) is 23.0. The van der Waals surface area contributed by atoms with E-state index >= 15 is 0 Å².